The van der Waals surface area contributed by atoms with Gasteiger partial charge in [-0.3, -0.25) is 4.72 Å². The van der Waals surface area contributed by atoms with Gasteiger partial charge < -0.3 is 5.11 Å². The van der Waals surface area contributed by atoms with Crippen LogP contribution in [0.5, 0.6) is 5.75 Å². The van der Waals surface area contributed by atoms with Crippen molar-refractivity contribution in [2.24, 2.45) is 4.40 Å². The Balaban J connectivity index is 1.68. The number of nitrogens with one attached hydrogen (secondary N) is 1. The van der Waals surface area contributed by atoms with E-state index in [0.717, 1.165) is 11.8 Å². The third-order valence-corrected chi connectivity index (χ3v) is 7.43. The number of hydrogen-bond acceptors (Lipinski definition) is 6. The fourth-order valence-corrected chi connectivity index (χ4v) is 5.81. The molecule has 0 saturated heterocycles. The van der Waals surface area contributed by atoms with Crippen LogP contribution in [0.4, 0.5) is 10.1 Å². The van der Waals surface area contributed by atoms with Crippen molar-refractivity contribution < 1.29 is 26.3 Å². The van der Waals surface area contributed by atoms with Crippen molar-refractivity contribution in [3.05, 3.63) is 95.1 Å². The molecule has 0 radical (unpaired) electrons. The summed E-state index contributed by atoms with van der Waals surface area (Å²) in [6.45, 7) is 0. The van der Waals surface area contributed by atoms with Gasteiger partial charge in [-0.25, -0.2) is 17.8 Å². The minimum atomic E-state index is -4.17. The zero-order chi connectivity index (χ0) is 25.0. The lowest BCUT2D eigenvalue weighted by molar-refractivity contribution is 0.477. The Hall–Kier alpha value is -3.83. The molecule has 0 unspecified atom stereocenters. The highest BCUT2D eigenvalue weighted by Gasteiger charge is 2.33. The summed E-state index contributed by atoms with van der Waals surface area (Å²) in [7, 11) is -7.79. The molecule has 0 saturated carbocycles. The maximum absolute atomic E-state index is 13.4. The molecule has 0 atom stereocenters. The van der Waals surface area contributed by atoms with E-state index < -0.39 is 20.0 Å². The molecule has 0 aliphatic carbocycles. The Kier molecular flexibility index (Phi) is 5.33. The normalized spacial score (nSPS) is 14.5. The number of pyridine rings is 1. The molecule has 1 aliphatic rings. The third-order valence-electron chi connectivity index (χ3n) is 5.50. The van der Waals surface area contributed by atoms with Crippen molar-refractivity contribution in [1.82, 2.24) is 4.98 Å². The fraction of sp³-hybridized carbons (Fsp3) is 0.0833. The first-order valence-corrected chi connectivity index (χ1v) is 13.7. The van der Waals surface area contributed by atoms with Crippen LogP contribution in [-0.2, 0) is 26.5 Å². The van der Waals surface area contributed by atoms with Gasteiger partial charge in [0, 0.05) is 28.4 Å². The first kappa shape index (κ1) is 22.9. The van der Waals surface area contributed by atoms with Gasteiger partial charge in [-0.2, -0.15) is 12.8 Å². The van der Waals surface area contributed by atoms with Gasteiger partial charge in [-0.15, -0.1) is 0 Å². The van der Waals surface area contributed by atoms with E-state index in [2.05, 4.69) is 14.1 Å². The molecule has 2 heterocycles. The van der Waals surface area contributed by atoms with Crippen molar-refractivity contribution in [3.63, 3.8) is 0 Å². The van der Waals surface area contributed by atoms with E-state index in [1.807, 2.05) is 0 Å². The second-order valence-electron chi connectivity index (χ2n) is 8.10. The lowest BCUT2D eigenvalue weighted by Gasteiger charge is -2.13. The van der Waals surface area contributed by atoms with Crippen LogP contribution in [0, 0.1) is 5.82 Å². The highest BCUT2D eigenvalue weighted by atomic mass is 32.2. The highest BCUT2D eigenvalue weighted by molar-refractivity contribution is 7.92. The number of sulfonamides is 2. The fourth-order valence-electron chi connectivity index (χ4n) is 4.01. The number of rotatable bonds is 5. The molecule has 0 fully saturated rings. The van der Waals surface area contributed by atoms with E-state index in [9.17, 15) is 26.3 Å². The highest BCUT2D eigenvalue weighted by Crippen LogP contribution is 2.37. The number of benzene rings is 3. The summed E-state index contributed by atoms with van der Waals surface area (Å²) >= 11 is 0. The standard InChI is InChI=1S/C24H18FN3O5S2/c1-34(30,31)27-16-10-11-19-21(13-16)35(32,33)28-22(19)23-24(29)18-5-3-2-4-17(18)20(26-23)12-14-6-8-15(25)9-7-14/h2-11,13,27,29H,12H2,1H3. The second kappa shape index (κ2) is 8.14. The summed E-state index contributed by atoms with van der Waals surface area (Å²) in [5.41, 5.74) is 1.51. The first-order chi connectivity index (χ1) is 16.5. The molecular formula is C24H18FN3O5S2. The average Bonchev–Trinajstić information content (AvgIpc) is 3.06. The zero-order valence-electron chi connectivity index (χ0n) is 18.2. The largest absolute Gasteiger partial charge is 0.505 e. The lowest BCUT2D eigenvalue weighted by Crippen LogP contribution is -2.11. The van der Waals surface area contributed by atoms with Gasteiger partial charge in [0.15, 0.2) is 5.75 Å². The molecule has 0 bridgehead atoms. The van der Waals surface area contributed by atoms with E-state index in [4.69, 9.17) is 0 Å². The topological polar surface area (TPSA) is 126 Å². The van der Waals surface area contributed by atoms with Crippen molar-refractivity contribution in [1.29, 1.82) is 0 Å². The predicted molar refractivity (Wildman–Crippen MR) is 130 cm³/mol. The molecular weight excluding hydrogens is 493 g/mol. The predicted octanol–water partition coefficient (Wildman–Crippen LogP) is 3.58. The Labute approximate surface area is 200 Å². The molecule has 0 spiro atoms. The van der Waals surface area contributed by atoms with E-state index in [0.29, 0.717) is 22.9 Å². The van der Waals surface area contributed by atoms with Crippen LogP contribution in [0.15, 0.2) is 76.0 Å². The SMILES string of the molecule is CS(=O)(=O)Nc1ccc2c(c1)S(=O)(=O)N=C2c1nc(Cc2ccc(F)cc2)c2ccccc2c1O. The van der Waals surface area contributed by atoms with Crippen LogP contribution in [0.25, 0.3) is 10.8 Å². The molecule has 2 N–H and O–H groups in total. The van der Waals surface area contributed by atoms with Crippen LogP contribution >= 0.6 is 0 Å². The minimum absolute atomic E-state index is 0.0213. The monoisotopic (exact) mass is 511 g/mol. The summed E-state index contributed by atoms with van der Waals surface area (Å²) in [6, 6.07) is 16.9. The van der Waals surface area contributed by atoms with E-state index in [1.165, 1.54) is 30.3 Å². The summed E-state index contributed by atoms with van der Waals surface area (Å²) in [5.74, 6) is -0.603. The van der Waals surface area contributed by atoms with Crippen molar-refractivity contribution >= 4 is 42.2 Å². The van der Waals surface area contributed by atoms with Gasteiger partial charge in [0.1, 0.15) is 22.1 Å². The summed E-state index contributed by atoms with van der Waals surface area (Å²) in [5, 5.41) is 12.2. The van der Waals surface area contributed by atoms with Crippen molar-refractivity contribution in [3.8, 4) is 5.75 Å². The molecule has 178 valence electrons. The maximum atomic E-state index is 13.4. The Morgan fingerprint density at radius 1 is 1.00 bits per heavy atom. The first-order valence-electron chi connectivity index (χ1n) is 10.3. The van der Waals surface area contributed by atoms with E-state index in [-0.39, 0.29) is 39.1 Å². The van der Waals surface area contributed by atoms with Crippen LogP contribution in [0.1, 0.15) is 22.5 Å². The molecule has 11 heteroatoms. The molecule has 8 nitrogen and oxygen atoms in total. The molecule has 1 aliphatic heterocycles. The summed E-state index contributed by atoms with van der Waals surface area (Å²) < 4.78 is 68.3. The van der Waals surface area contributed by atoms with Gasteiger partial charge in [0.25, 0.3) is 10.0 Å². The van der Waals surface area contributed by atoms with Crippen LogP contribution in [0.3, 0.4) is 0 Å². The molecule has 5 rings (SSSR count). The number of anilines is 1. The van der Waals surface area contributed by atoms with Gasteiger partial charge in [-0.05, 0) is 35.9 Å². The second-order valence-corrected chi connectivity index (χ2v) is 11.4. The summed E-state index contributed by atoms with van der Waals surface area (Å²) in [4.78, 5) is 4.40. The van der Waals surface area contributed by atoms with Crippen LogP contribution < -0.4 is 4.72 Å². The molecule has 4 aromatic rings. The van der Waals surface area contributed by atoms with Crippen LogP contribution in [-0.4, -0.2) is 38.9 Å². The van der Waals surface area contributed by atoms with E-state index >= 15 is 0 Å². The number of aromatic hydroxyl groups is 1. The smallest absolute Gasteiger partial charge is 0.283 e. The Morgan fingerprint density at radius 3 is 2.37 bits per heavy atom. The molecule has 35 heavy (non-hydrogen) atoms. The number of nitrogens with zero attached hydrogens (tertiary/aromatic N) is 2. The molecule has 0 amide bonds. The molecule has 3 aromatic carbocycles. The van der Waals surface area contributed by atoms with Gasteiger partial charge in [0.2, 0.25) is 10.0 Å². The van der Waals surface area contributed by atoms with Crippen molar-refractivity contribution in [2.75, 3.05) is 11.0 Å². The van der Waals surface area contributed by atoms with Gasteiger partial charge in [-0.1, -0.05) is 36.4 Å². The molecule has 1 aromatic heterocycles. The third kappa shape index (κ3) is 4.35. The number of hydrogen-bond donors (Lipinski definition) is 2. The quantitative estimate of drug-likeness (QED) is 0.422. The zero-order valence-corrected chi connectivity index (χ0v) is 19.9. The number of fused-ring (bicyclic) bond motifs is 2. The van der Waals surface area contributed by atoms with Crippen molar-refractivity contribution in [2.45, 2.75) is 11.3 Å². The lowest BCUT2D eigenvalue weighted by atomic mass is 9.99. The number of aromatic nitrogens is 1. The average molecular weight is 512 g/mol. The van der Waals surface area contributed by atoms with Crippen LogP contribution in [0.2, 0.25) is 0 Å². The minimum Gasteiger partial charge on any atom is -0.505 e. The van der Waals surface area contributed by atoms with Gasteiger partial charge in [0.05, 0.1) is 11.9 Å². The summed E-state index contributed by atoms with van der Waals surface area (Å²) in [6.07, 6.45) is 1.26. The maximum Gasteiger partial charge on any atom is 0.283 e. The van der Waals surface area contributed by atoms with Gasteiger partial charge >= 0.3 is 0 Å². The van der Waals surface area contributed by atoms with E-state index in [1.54, 1.807) is 36.4 Å². The Bertz CT molecular complexity index is 1750. The Morgan fingerprint density at radius 2 is 1.69 bits per heavy atom. The number of halogens is 1.